The van der Waals surface area contributed by atoms with Crippen LogP contribution in [0.3, 0.4) is 0 Å². The van der Waals surface area contributed by atoms with Crippen molar-refractivity contribution in [3.8, 4) is 0 Å². The van der Waals surface area contributed by atoms with Crippen molar-refractivity contribution in [3.63, 3.8) is 0 Å². The minimum Gasteiger partial charge on any atom is -0.302 e. The zero-order valence-electron chi connectivity index (χ0n) is 7.77. The summed E-state index contributed by atoms with van der Waals surface area (Å²) >= 11 is 0. The van der Waals surface area contributed by atoms with Crippen LogP contribution in [0.4, 0.5) is 0 Å². The van der Waals surface area contributed by atoms with E-state index < -0.39 is 0 Å². The fourth-order valence-corrected chi connectivity index (χ4v) is 0.445. The molecular formula is C10H16O. The highest BCUT2D eigenvalue weighted by atomic mass is 16.1. The summed E-state index contributed by atoms with van der Waals surface area (Å²) in [4.78, 5) is 10.4. The first kappa shape index (κ1) is 10.2. The van der Waals surface area contributed by atoms with Crippen molar-refractivity contribution in [2.75, 3.05) is 0 Å². The maximum Gasteiger partial charge on any atom is 0.129 e. The second-order valence-corrected chi connectivity index (χ2v) is 3.36. The maximum absolute atomic E-state index is 10.4. The summed E-state index contributed by atoms with van der Waals surface area (Å²) in [7, 11) is 0. The number of aldehydes is 1. The monoisotopic (exact) mass is 152 g/mol. The average molecular weight is 152 g/mol. The van der Waals surface area contributed by atoms with Gasteiger partial charge in [-0.1, -0.05) is 6.92 Å². The molecule has 0 spiro atoms. The van der Waals surface area contributed by atoms with Crippen molar-refractivity contribution in [3.05, 3.63) is 17.4 Å². The second kappa shape index (κ2) is 4.15. The summed E-state index contributed by atoms with van der Waals surface area (Å²) in [5.74, 6) is 0. The van der Waals surface area contributed by atoms with Crippen LogP contribution < -0.4 is 0 Å². The van der Waals surface area contributed by atoms with Crippen LogP contribution in [0.1, 0.15) is 34.1 Å². The zero-order valence-corrected chi connectivity index (χ0v) is 7.77. The molecule has 0 rings (SSSR count). The molecule has 0 aliphatic heterocycles. The summed E-state index contributed by atoms with van der Waals surface area (Å²) in [6.07, 6.45) is 3.74. The van der Waals surface area contributed by atoms with Gasteiger partial charge in [-0.3, -0.25) is 0 Å². The van der Waals surface area contributed by atoms with Gasteiger partial charge < -0.3 is 4.79 Å². The smallest absolute Gasteiger partial charge is 0.129 e. The third-order valence-electron chi connectivity index (χ3n) is 1.52. The fourth-order valence-electron chi connectivity index (χ4n) is 0.445. The van der Waals surface area contributed by atoms with E-state index in [9.17, 15) is 4.79 Å². The van der Waals surface area contributed by atoms with Crippen molar-refractivity contribution in [1.29, 1.82) is 0 Å². The highest BCUT2D eigenvalue weighted by Crippen LogP contribution is 2.12. The number of carbonyl (C=O) groups excluding carboxylic acids is 1. The van der Waals surface area contributed by atoms with E-state index in [1.54, 1.807) is 0 Å². The van der Waals surface area contributed by atoms with Gasteiger partial charge in [0.1, 0.15) is 6.29 Å². The van der Waals surface area contributed by atoms with Gasteiger partial charge in [-0.05, 0) is 38.8 Å². The lowest BCUT2D eigenvalue weighted by molar-refractivity contribution is -0.112. The normalized spacial score (nSPS) is 10.2. The van der Waals surface area contributed by atoms with E-state index in [0.717, 1.165) is 12.7 Å². The first-order chi connectivity index (χ1) is 5.02. The number of rotatable bonds is 3. The Kier molecular flexibility index (Phi) is 3.84. The van der Waals surface area contributed by atoms with Gasteiger partial charge in [-0.15, -0.1) is 5.73 Å². The first-order valence-corrected chi connectivity index (χ1v) is 3.91. The number of allylic oxidation sites excluding steroid dienone is 1. The molecule has 0 aliphatic rings. The fraction of sp³-hybridized carbons (Fsp3) is 0.600. The van der Waals surface area contributed by atoms with Crippen LogP contribution in [0.5, 0.6) is 0 Å². The SMILES string of the molecule is CCC(C)=C=CC(C)(C)C=O. The molecule has 0 saturated carbocycles. The quantitative estimate of drug-likeness (QED) is 0.449. The number of carbonyl (C=O) groups is 1. The molecule has 0 bridgehead atoms. The average Bonchev–Trinajstić information content (AvgIpc) is 2.00. The Morgan fingerprint density at radius 2 is 2.09 bits per heavy atom. The lowest BCUT2D eigenvalue weighted by Crippen LogP contribution is -2.07. The van der Waals surface area contributed by atoms with Crippen molar-refractivity contribution in [2.24, 2.45) is 5.41 Å². The van der Waals surface area contributed by atoms with Crippen LogP contribution in [0.25, 0.3) is 0 Å². The van der Waals surface area contributed by atoms with Crippen LogP contribution in [0, 0.1) is 5.41 Å². The Balaban J connectivity index is 4.45. The first-order valence-electron chi connectivity index (χ1n) is 3.91. The molecule has 0 aliphatic carbocycles. The molecule has 1 heteroatoms. The largest absolute Gasteiger partial charge is 0.302 e. The van der Waals surface area contributed by atoms with Crippen LogP contribution in [-0.4, -0.2) is 6.29 Å². The van der Waals surface area contributed by atoms with E-state index in [1.807, 2.05) is 26.8 Å². The highest BCUT2D eigenvalue weighted by molar-refractivity contribution is 5.61. The van der Waals surface area contributed by atoms with Crippen LogP contribution in [0.2, 0.25) is 0 Å². The molecule has 0 radical (unpaired) electrons. The minimum absolute atomic E-state index is 0.365. The van der Waals surface area contributed by atoms with Crippen molar-refractivity contribution in [2.45, 2.75) is 34.1 Å². The van der Waals surface area contributed by atoms with Crippen LogP contribution in [-0.2, 0) is 4.79 Å². The molecule has 0 unspecified atom stereocenters. The second-order valence-electron chi connectivity index (χ2n) is 3.36. The molecule has 0 aromatic heterocycles. The van der Waals surface area contributed by atoms with Crippen molar-refractivity contribution < 1.29 is 4.79 Å². The topological polar surface area (TPSA) is 17.1 Å². The van der Waals surface area contributed by atoms with E-state index in [-0.39, 0.29) is 5.41 Å². The Hall–Kier alpha value is -0.810. The maximum atomic E-state index is 10.4. The molecule has 0 atom stereocenters. The van der Waals surface area contributed by atoms with Crippen LogP contribution >= 0.6 is 0 Å². The standard InChI is InChI=1S/C10H16O/c1-5-9(2)6-7-10(3,4)8-11/h7-8H,5H2,1-4H3. The van der Waals surface area contributed by atoms with Gasteiger partial charge in [0.15, 0.2) is 0 Å². The van der Waals surface area contributed by atoms with E-state index in [1.165, 1.54) is 5.57 Å². The van der Waals surface area contributed by atoms with Crippen molar-refractivity contribution >= 4 is 6.29 Å². The summed E-state index contributed by atoms with van der Waals surface area (Å²) < 4.78 is 0. The third kappa shape index (κ3) is 4.58. The van der Waals surface area contributed by atoms with Gasteiger partial charge in [0.05, 0.1) is 0 Å². The molecule has 0 fully saturated rings. The van der Waals surface area contributed by atoms with E-state index in [4.69, 9.17) is 0 Å². The molecule has 1 nitrogen and oxygen atoms in total. The summed E-state index contributed by atoms with van der Waals surface area (Å²) in [5, 5.41) is 0. The third-order valence-corrected chi connectivity index (χ3v) is 1.52. The van der Waals surface area contributed by atoms with Gasteiger partial charge in [-0.25, -0.2) is 0 Å². The molecule has 0 aromatic rings. The van der Waals surface area contributed by atoms with Gasteiger partial charge in [0, 0.05) is 5.41 Å². The molecule has 0 saturated heterocycles. The lowest BCUT2D eigenvalue weighted by atomic mass is 9.96. The van der Waals surface area contributed by atoms with Gasteiger partial charge in [0.2, 0.25) is 0 Å². The summed E-state index contributed by atoms with van der Waals surface area (Å²) in [6, 6.07) is 0. The van der Waals surface area contributed by atoms with E-state index >= 15 is 0 Å². The Morgan fingerprint density at radius 1 is 1.55 bits per heavy atom. The van der Waals surface area contributed by atoms with Gasteiger partial charge in [-0.2, -0.15) is 0 Å². The van der Waals surface area contributed by atoms with E-state index in [2.05, 4.69) is 12.7 Å². The molecule has 0 amide bonds. The predicted octanol–water partition coefficient (Wildman–Crippen LogP) is 2.72. The zero-order chi connectivity index (χ0) is 8.91. The Morgan fingerprint density at radius 3 is 2.45 bits per heavy atom. The molecule has 0 heterocycles. The molecule has 0 N–H and O–H groups in total. The van der Waals surface area contributed by atoms with Gasteiger partial charge in [0.25, 0.3) is 0 Å². The lowest BCUT2D eigenvalue weighted by Gasteiger charge is -2.06. The summed E-state index contributed by atoms with van der Waals surface area (Å²) in [5.41, 5.74) is 3.90. The van der Waals surface area contributed by atoms with E-state index in [0.29, 0.717) is 0 Å². The summed E-state index contributed by atoms with van der Waals surface area (Å²) in [6.45, 7) is 7.83. The minimum atomic E-state index is -0.365. The van der Waals surface area contributed by atoms with Crippen LogP contribution in [0.15, 0.2) is 17.4 Å². The predicted molar refractivity (Wildman–Crippen MR) is 47.4 cm³/mol. The molecule has 62 valence electrons. The molecule has 11 heavy (non-hydrogen) atoms. The Labute approximate surface area is 68.8 Å². The molecular weight excluding hydrogens is 136 g/mol. The van der Waals surface area contributed by atoms with Gasteiger partial charge >= 0.3 is 0 Å². The molecule has 0 aromatic carbocycles. The van der Waals surface area contributed by atoms with Crippen molar-refractivity contribution in [1.82, 2.24) is 0 Å². The Bertz CT molecular complexity index is 193. The number of hydrogen-bond donors (Lipinski definition) is 0. The highest BCUT2D eigenvalue weighted by Gasteiger charge is 2.10. The number of hydrogen-bond acceptors (Lipinski definition) is 1.